The van der Waals surface area contributed by atoms with Crippen LogP contribution in [-0.2, 0) is 11.3 Å². The van der Waals surface area contributed by atoms with E-state index in [1.54, 1.807) is 6.07 Å². The second kappa shape index (κ2) is 7.17. The van der Waals surface area contributed by atoms with Crippen molar-refractivity contribution in [3.05, 3.63) is 64.4 Å². The maximum absolute atomic E-state index is 13.1. The largest absolute Gasteiger partial charge is 0.325 e. The highest BCUT2D eigenvalue weighted by molar-refractivity contribution is 9.10. The molecule has 0 unspecified atom stereocenters. The standard InChI is InChI=1S/C15H14BrFN2O/c16-14-7-6-12(17)8-11(14)9-18-10-15(20)19-13-4-2-1-3-5-13/h1-8,18H,9-10H2,(H,19,20). The SMILES string of the molecule is O=C(CNCc1cc(F)ccc1Br)Nc1ccccc1. The lowest BCUT2D eigenvalue weighted by Gasteiger charge is -2.08. The number of rotatable bonds is 5. The minimum Gasteiger partial charge on any atom is -0.325 e. The van der Waals surface area contributed by atoms with Crippen molar-refractivity contribution >= 4 is 27.5 Å². The summed E-state index contributed by atoms with van der Waals surface area (Å²) in [5, 5.41) is 5.75. The molecule has 20 heavy (non-hydrogen) atoms. The average molecular weight is 337 g/mol. The van der Waals surface area contributed by atoms with Crippen molar-refractivity contribution in [1.29, 1.82) is 0 Å². The van der Waals surface area contributed by atoms with Gasteiger partial charge in [0.2, 0.25) is 5.91 Å². The number of nitrogens with one attached hydrogen (secondary N) is 2. The van der Waals surface area contributed by atoms with Gasteiger partial charge < -0.3 is 10.6 Å². The van der Waals surface area contributed by atoms with E-state index in [-0.39, 0.29) is 18.3 Å². The molecule has 2 N–H and O–H groups in total. The van der Waals surface area contributed by atoms with Gasteiger partial charge >= 0.3 is 0 Å². The highest BCUT2D eigenvalue weighted by Crippen LogP contribution is 2.17. The van der Waals surface area contributed by atoms with Gasteiger partial charge in [-0.3, -0.25) is 4.79 Å². The lowest BCUT2D eigenvalue weighted by Crippen LogP contribution is -2.27. The zero-order valence-corrected chi connectivity index (χ0v) is 12.3. The molecule has 0 radical (unpaired) electrons. The maximum Gasteiger partial charge on any atom is 0.238 e. The topological polar surface area (TPSA) is 41.1 Å². The van der Waals surface area contributed by atoms with Gasteiger partial charge in [0.15, 0.2) is 0 Å². The van der Waals surface area contributed by atoms with Crippen LogP contribution < -0.4 is 10.6 Å². The summed E-state index contributed by atoms with van der Waals surface area (Å²) in [6.45, 7) is 0.582. The van der Waals surface area contributed by atoms with Gasteiger partial charge in [-0.15, -0.1) is 0 Å². The third-order valence-corrected chi connectivity index (χ3v) is 3.44. The molecule has 0 aliphatic rings. The Hall–Kier alpha value is -1.72. The van der Waals surface area contributed by atoms with Crippen molar-refractivity contribution in [2.24, 2.45) is 0 Å². The van der Waals surface area contributed by atoms with Crippen molar-refractivity contribution in [3.63, 3.8) is 0 Å². The van der Waals surface area contributed by atoms with E-state index in [0.29, 0.717) is 6.54 Å². The third kappa shape index (κ3) is 4.43. The molecule has 2 aromatic carbocycles. The fourth-order valence-corrected chi connectivity index (χ4v) is 2.10. The summed E-state index contributed by atoms with van der Waals surface area (Å²) in [5.74, 6) is -0.428. The molecule has 2 rings (SSSR count). The van der Waals surface area contributed by atoms with Gasteiger partial charge in [0, 0.05) is 16.7 Å². The van der Waals surface area contributed by atoms with Crippen molar-refractivity contribution in [2.75, 3.05) is 11.9 Å². The number of carbonyl (C=O) groups is 1. The van der Waals surface area contributed by atoms with Gasteiger partial charge in [0.1, 0.15) is 5.82 Å². The number of hydrogen-bond acceptors (Lipinski definition) is 2. The van der Waals surface area contributed by atoms with E-state index < -0.39 is 0 Å². The first kappa shape index (κ1) is 14.7. The Morgan fingerprint density at radius 3 is 2.65 bits per heavy atom. The molecule has 0 heterocycles. The van der Waals surface area contributed by atoms with E-state index in [0.717, 1.165) is 15.7 Å². The Morgan fingerprint density at radius 2 is 1.90 bits per heavy atom. The molecule has 1 amide bonds. The van der Waals surface area contributed by atoms with Gasteiger partial charge in [-0.2, -0.15) is 0 Å². The zero-order chi connectivity index (χ0) is 14.4. The lowest BCUT2D eigenvalue weighted by atomic mass is 10.2. The zero-order valence-electron chi connectivity index (χ0n) is 10.7. The van der Waals surface area contributed by atoms with Crippen LogP contribution in [-0.4, -0.2) is 12.5 Å². The van der Waals surface area contributed by atoms with Gasteiger partial charge in [-0.05, 0) is 35.9 Å². The Labute approximate surface area is 125 Å². The number of amides is 1. The van der Waals surface area contributed by atoms with E-state index in [1.807, 2.05) is 30.3 Å². The van der Waals surface area contributed by atoms with Crippen LogP contribution in [0.2, 0.25) is 0 Å². The Kier molecular flexibility index (Phi) is 5.26. The Bertz CT molecular complexity index is 590. The summed E-state index contributed by atoms with van der Waals surface area (Å²) in [6.07, 6.45) is 0. The van der Waals surface area contributed by atoms with E-state index in [9.17, 15) is 9.18 Å². The Balaban J connectivity index is 1.81. The van der Waals surface area contributed by atoms with Gasteiger partial charge in [0.05, 0.1) is 6.54 Å². The van der Waals surface area contributed by atoms with Crippen LogP contribution in [0.15, 0.2) is 53.0 Å². The molecule has 0 aliphatic heterocycles. The number of anilines is 1. The number of halogens is 2. The normalized spacial score (nSPS) is 10.3. The smallest absolute Gasteiger partial charge is 0.238 e. The summed E-state index contributed by atoms with van der Waals surface area (Å²) >= 11 is 3.34. The number of benzene rings is 2. The predicted octanol–water partition coefficient (Wildman–Crippen LogP) is 3.32. The molecule has 2 aromatic rings. The highest BCUT2D eigenvalue weighted by atomic mass is 79.9. The van der Waals surface area contributed by atoms with Crippen LogP contribution in [0.3, 0.4) is 0 Å². The minimum absolute atomic E-state index is 0.135. The summed E-state index contributed by atoms with van der Waals surface area (Å²) in [4.78, 5) is 11.7. The second-order valence-electron chi connectivity index (χ2n) is 4.25. The molecule has 5 heteroatoms. The molecule has 0 aliphatic carbocycles. The van der Waals surface area contributed by atoms with Crippen LogP contribution in [0, 0.1) is 5.82 Å². The van der Waals surface area contributed by atoms with Crippen LogP contribution in [0.4, 0.5) is 10.1 Å². The monoisotopic (exact) mass is 336 g/mol. The molecular weight excluding hydrogens is 323 g/mol. The van der Waals surface area contributed by atoms with Crippen LogP contribution in [0.25, 0.3) is 0 Å². The molecule has 0 saturated heterocycles. The molecule has 0 fully saturated rings. The number of carbonyl (C=O) groups excluding carboxylic acids is 1. The van der Waals surface area contributed by atoms with Crippen LogP contribution in [0.1, 0.15) is 5.56 Å². The average Bonchev–Trinajstić information content (AvgIpc) is 2.44. The summed E-state index contributed by atoms with van der Waals surface area (Å²) < 4.78 is 13.9. The van der Waals surface area contributed by atoms with Gasteiger partial charge in [-0.25, -0.2) is 4.39 Å². The number of para-hydroxylation sites is 1. The second-order valence-corrected chi connectivity index (χ2v) is 5.11. The molecule has 0 atom stereocenters. The van der Waals surface area contributed by atoms with Gasteiger partial charge in [0.25, 0.3) is 0 Å². The fourth-order valence-electron chi connectivity index (χ4n) is 1.72. The molecule has 104 valence electrons. The summed E-state index contributed by atoms with van der Waals surface area (Å²) in [6, 6.07) is 13.7. The van der Waals surface area contributed by atoms with Crippen molar-refractivity contribution in [1.82, 2.24) is 5.32 Å². The van der Waals surface area contributed by atoms with Crippen molar-refractivity contribution in [2.45, 2.75) is 6.54 Å². The third-order valence-electron chi connectivity index (χ3n) is 2.67. The first-order valence-corrected chi connectivity index (χ1v) is 6.94. The molecule has 0 aromatic heterocycles. The van der Waals surface area contributed by atoms with E-state index >= 15 is 0 Å². The summed E-state index contributed by atoms with van der Waals surface area (Å²) in [5.41, 5.74) is 1.53. The lowest BCUT2D eigenvalue weighted by molar-refractivity contribution is -0.115. The quantitative estimate of drug-likeness (QED) is 0.879. The predicted molar refractivity (Wildman–Crippen MR) is 80.9 cm³/mol. The number of hydrogen-bond donors (Lipinski definition) is 2. The minimum atomic E-state index is -0.293. The van der Waals surface area contributed by atoms with Crippen molar-refractivity contribution in [3.8, 4) is 0 Å². The van der Waals surface area contributed by atoms with E-state index in [1.165, 1.54) is 12.1 Å². The molecule has 0 saturated carbocycles. The van der Waals surface area contributed by atoms with Crippen LogP contribution >= 0.6 is 15.9 Å². The molecule has 0 bridgehead atoms. The summed E-state index contributed by atoms with van der Waals surface area (Å²) in [7, 11) is 0. The molecule has 0 spiro atoms. The Morgan fingerprint density at radius 1 is 1.15 bits per heavy atom. The first-order valence-electron chi connectivity index (χ1n) is 6.15. The first-order chi connectivity index (χ1) is 9.65. The van der Waals surface area contributed by atoms with E-state index in [2.05, 4.69) is 26.6 Å². The highest BCUT2D eigenvalue weighted by Gasteiger charge is 2.04. The fraction of sp³-hybridized carbons (Fsp3) is 0.133. The van der Waals surface area contributed by atoms with E-state index in [4.69, 9.17) is 0 Å². The van der Waals surface area contributed by atoms with Crippen LogP contribution in [0.5, 0.6) is 0 Å². The molecular formula is C15H14BrFN2O. The van der Waals surface area contributed by atoms with Gasteiger partial charge in [-0.1, -0.05) is 34.1 Å². The van der Waals surface area contributed by atoms with Crippen molar-refractivity contribution < 1.29 is 9.18 Å². The molecule has 3 nitrogen and oxygen atoms in total. The maximum atomic E-state index is 13.1.